The summed E-state index contributed by atoms with van der Waals surface area (Å²) in [6, 6.07) is 8.69. The summed E-state index contributed by atoms with van der Waals surface area (Å²) in [6.45, 7) is 4.21. The monoisotopic (exact) mass is 326 g/mol. The number of carbonyl (C=O) groups excluding carboxylic acids is 1. The van der Waals surface area contributed by atoms with E-state index in [9.17, 15) is 4.79 Å². The fraction of sp³-hybridized carbons (Fsp3) is 0.562. The SMILES string of the molecule is CC1CNCCC1NC(=O)C1SCCc2ccccc21.Cl. The number of piperidine rings is 1. The van der Waals surface area contributed by atoms with Gasteiger partial charge in [-0.2, -0.15) is 0 Å². The molecule has 1 saturated heterocycles. The Morgan fingerprint density at radius 3 is 3.00 bits per heavy atom. The van der Waals surface area contributed by atoms with Crippen LogP contribution >= 0.6 is 24.2 Å². The molecule has 3 unspecified atom stereocenters. The van der Waals surface area contributed by atoms with Crippen LogP contribution < -0.4 is 10.6 Å². The quantitative estimate of drug-likeness (QED) is 0.877. The summed E-state index contributed by atoms with van der Waals surface area (Å²) in [4.78, 5) is 12.6. The Hall–Kier alpha value is -0.710. The van der Waals surface area contributed by atoms with Crippen molar-refractivity contribution in [3.05, 3.63) is 35.4 Å². The van der Waals surface area contributed by atoms with Crippen LogP contribution in [-0.4, -0.2) is 30.8 Å². The molecule has 0 bridgehead atoms. The molecule has 1 fully saturated rings. The predicted octanol–water partition coefficient (Wildman–Crippen LogP) is 2.55. The van der Waals surface area contributed by atoms with Gasteiger partial charge in [0, 0.05) is 6.04 Å². The van der Waals surface area contributed by atoms with Crippen LogP contribution in [0.15, 0.2) is 24.3 Å². The van der Waals surface area contributed by atoms with E-state index in [0.29, 0.717) is 12.0 Å². The van der Waals surface area contributed by atoms with Crippen LogP contribution in [0.4, 0.5) is 0 Å². The fourth-order valence-corrected chi connectivity index (χ4v) is 4.30. The number of thioether (sulfide) groups is 1. The molecule has 1 aromatic carbocycles. The third-order valence-corrected chi connectivity index (χ3v) is 5.59. The van der Waals surface area contributed by atoms with Crippen LogP contribution in [-0.2, 0) is 11.2 Å². The van der Waals surface area contributed by atoms with E-state index in [1.54, 1.807) is 11.8 Å². The molecule has 3 nitrogen and oxygen atoms in total. The smallest absolute Gasteiger partial charge is 0.237 e. The molecule has 0 aromatic heterocycles. The van der Waals surface area contributed by atoms with E-state index in [1.165, 1.54) is 11.1 Å². The van der Waals surface area contributed by atoms with Crippen LogP contribution in [0.2, 0.25) is 0 Å². The van der Waals surface area contributed by atoms with Crippen LogP contribution in [0.1, 0.15) is 29.7 Å². The summed E-state index contributed by atoms with van der Waals surface area (Å²) in [6.07, 6.45) is 2.11. The number of benzene rings is 1. The summed E-state index contributed by atoms with van der Waals surface area (Å²) < 4.78 is 0. The Morgan fingerprint density at radius 2 is 2.19 bits per heavy atom. The molecule has 0 saturated carbocycles. The molecular formula is C16H23ClN2OS. The average molecular weight is 327 g/mol. The summed E-state index contributed by atoms with van der Waals surface area (Å²) in [5, 5.41) is 6.63. The minimum atomic E-state index is -0.0259. The number of hydrogen-bond donors (Lipinski definition) is 2. The zero-order chi connectivity index (χ0) is 13.9. The van der Waals surface area contributed by atoms with E-state index in [0.717, 1.165) is 31.7 Å². The Bertz CT molecular complexity index is 497. The first-order chi connectivity index (χ1) is 9.75. The molecule has 3 rings (SSSR count). The second-order valence-electron chi connectivity index (χ2n) is 5.78. The summed E-state index contributed by atoms with van der Waals surface area (Å²) >= 11 is 1.78. The zero-order valence-electron chi connectivity index (χ0n) is 12.3. The lowest BCUT2D eigenvalue weighted by Crippen LogP contribution is -2.49. The number of rotatable bonds is 2. The Balaban J connectivity index is 0.00000161. The summed E-state index contributed by atoms with van der Waals surface area (Å²) in [5.74, 6) is 1.74. The van der Waals surface area contributed by atoms with Gasteiger partial charge in [0.15, 0.2) is 0 Å². The summed E-state index contributed by atoms with van der Waals surface area (Å²) in [7, 11) is 0. The molecule has 116 valence electrons. The van der Waals surface area contributed by atoms with Crippen molar-refractivity contribution < 1.29 is 4.79 Å². The van der Waals surface area contributed by atoms with Crippen molar-refractivity contribution in [1.29, 1.82) is 0 Å². The maximum atomic E-state index is 12.6. The van der Waals surface area contributed by atoms with Gasteiger partial charge in [-0.1, -0.05) is 31.2 Å². The second-order valence-corrected chi connectivity index (χ2v) is 7.00. The highest BCUT2D eigenvalue weighted by Crippen LogP contribution is 2.36. The molecule has 1 aromatic rings. The number of fused-ring (bicyclic) bond motifs is 1. The van der Waals surface area contributed by atoms with Crippen molar-refractivity contribution in [1.82, 2.24) is 10.6 Å². The van der Waals surface area contributed by atoms with Gasteiger partial charge in [0.25, 0.3) is 0 Å². The molecule has 1 amide bonds. The lowest BCUT2D eigenvalue weighted by atomic mass is 9.94. The van der Waals surface area contributed by atoms with E-state index in [-0.39, 0.29) is 23.6 Å². The van der Waals surface area contributed by atoms with Crippen LogP contribution in [0.5, 0.6) is 0 Å². The van der Waals surface area contributed by atoms with E-state index >= 15 is 0 Å². The number of carbonyl (C=O) groups is 1. The molecule has 0 spiro atoms. The molecule has 2 heterocycles. The van der Waals surface area contributed by atoms with Gasteiger partial charge in [0.1, 0.15) is 5.25 Å². The van der Waals surface area contributed by atoms with Gasteiger partial charge < -0.3 is 10.6 Å². The lowest BCUT2D eigenvalue weighted by Gasteiger charge is -2.32. The predicted molar refractivity (Wildman–Crippen MR) is 91.2 cm³/mol. The third kappa shape index (κ3) is 3.74. The van der Waals surface area contributed by atoms with Crippen molar-refractivity contribution in [3.63, 3.8) is 0 Å². The first kappa shape index (κ1) is 16.7. The van der Waals surface area contributed by atoms with E-state index in [4.69, 9.17) is 0 Å². The van der Waals surface area contributed by atoms with Crippen LogP contribution in [0.3, 0.4) is 0 Å². The Morgan fingerprint density at radius 1 is 1.38 bits per heavy atom. The molecule has 2 aliphatic heterocycles. The molecule has 2 aliphatic rings. The number of hydrogen-bond acceptors (Lipinski definition) is 3. The molecule has 0 radical (unpaired) electrons. The normalized spacial score (nSPS) is 28.1. The lowest BCUT2D eigenvalue weighted by molar-refractivity contribution is -0.121. The topological polar surface area (TPSA) is 41.1 Å². The number of halogens is 1. The van der Waals surface area contributed by atoms with Crippen LogP contribution in [0.25, 0.3) is 0 Å². The van der Waals surface area contributed by atoms with E-state index in [2.05, 4.69) is 35.8 Å². The van der Waals surface area contributed by atoms with Gasteiger partial charge in [0.05, 0.1) is 0 Å². The van der Waals surface area contributed by atoms with Gasteiger partial charge in [0.2, 0.25) is 5.91 Å². The first-order valence-corrected chi connectivity index (χ1v) is 8.51. The standard InChI is InChI=1S/C16H22N2OS.ClH/c1-11-10-17-8-6-14(11)18-16(19)15-13-5-3-2-4-12(13)7-9-20-15;/h2-5,11,14-15,17H,6-10H2,1H3,(H,18,19);1H. The van der Waals surface area contributed by atoms with Gasteiger partial charge in [-0.3, -0.25) is 4.79 Å². The molecule has 2 N–H and O–H groups in total. The van der Waals surface area contributed by atoms with Crippen molar-refractivity contribution >= 4 is 30.1 Å². The van der Waals surface area contributed by atoms with Gasteiger partial charge in [-0.25, -0.2) is 0 Å². The molecule has 21 heavy (non-hydrogen) atoms. The molecular weight excluding hydrogens is 304 g/mol. The molecule has 5 heteroatoms. The number of aryl methyl sites for hydroxylation is 1. The molecule has 3 atom stereocenters. The maximum absolute atomic E-state index is 12.6. The second kappa shape index (κ2) is 7.52. The highest BCUT2D eigenvalue weighted by molar-refractivity contribution is 8.00. The fourth-order valence-electron chi connectivity index (χ4n) is 3.10. The minimum Gasteiger partial charge on any atom is -0.352 e. The van der Waals surface area contributed by atoms with Gasteiger partial charge in [-0.15, -0.1) is 24.2 Å². The van der Waals surface area contributed by atoms with Gasteiger partial charge in [-0.05, 0) is 48.7 Å². The zero-order valence-corrected chi connectivity index (χ0v) is 13.9. The highest BCUT2D eigenvalue weighted by Gasteiger charge is 2.30. The van der Waals surface area contributed by atoms with Crippen molar-refractivity contribution in [3.8, 4) is 0 Å². The van der Waals surface area contributed by atoms with Gasteiger partial charge >= 0.3 is 0 Å². The number of amides is 1. The van der Waals surface area contributed by atoms with Crippen LogP contribution in [0, 0.1) is 5.92 Å². The van der Waals surface area contributed by atoms with E-state index in [1.807, 2.05) is 6.07 Å². The van der Waals surface area contributed by atoms with Crippen molar-refractivity contribution in [2.24, 2.45) is 5.92 Å². The largest absolute Gasteiger partial charge is 0.352 e. The minimum absolute atomic E-state index is 0. The average Bonchev–Trinajstić information content (AvgIpc) is 2.49. The highest BCUT2D eigenvalue weighted by atomic mass is 35.5. The number of nitrogens with one attached hydrogen (secondary N) is 2. The molecule has 0 aliphatic carbocycles. The van der Waals surface area contributed by atoms with Crippen molar-refractivity contribution in [2.75, 3.05) is 18.8 Å². The first-order valence-electron chi connectivity index (χ1n) is 7.46. The van der Waals surface area contributed by atoms with E-state index < -0.39 is 0 Å². The Kier molecular flexibility index (Phi) is 5.97. The Labute approximate surface area is 137 Å². The maximum Gasteiger partial charge on any atom is 0.237 e. The summed E-state index contributed by atoms with van der Waals surface area (Å²) in [5.41, 5.74) is 2.55. The third-order valence-electron chi connectivity index (χ3n) is 4.34. The van der Waals surface area contributed by atoms with Crippen molar-refractivity contribution in [2.45, 2.75) is 31.1 Å².